The first-order chi connectivity index (χ1) is 8.20. The van der Waals surface area contributed by atoms with Crippen LogP contribution in [0.2, 0.25) is 0 Å². The summed E-state index contributed by atoms with van der Waals surface area (Å²) < 4.78 is 19.0. The Morgan fingerprint density at radius 3 is 2.53 bits per heavy atom. The molecule has 0 amide bonds. The molecule has 0 N–H and O–H groups in total. The van der Waals surface area contributed by atoms with Gasteiger partial charge in [0.25, 0.3) is 0 Å². The van der Waals surface area contributed by atoms with Gasteiger partial charge >= 0.3 is 0 Å². The van der Waals surface area contributed by atoms with Crippen molar-refractivity contribution in [3.63, 3.8) is 0 Å². The third kappa shape index (κ3) is 2.43. The Bertz CT molecular complexity index is 573. The van der Waals surface area contributed by atoms with E-state index in [1.165, 1.54) is 6.07 Å². The van der Waals surface area contributed by atoms with Gasteiger partial charge in [-0.3, -0.25) is 0 Å². The van der Waals surface area contributed by atoms with Crippen LogP contribution >= 0.6 is 0 Å². The second-order valence-electron chi connectivity index (χ2n) is 3.47. The molecule has 0 spiro atoms. The van der Waals surface area contributed by atoms with Gasteiger partial charge in [0.2, 0.25) is 0 Å². The van der Waals surface area contributed by atoms with Crippen LogP contribution in [0.5, 0.6) is 11.5 Å². The van der Waals surface area contributed by atoms with Crippen molar-refractivity contribution >= 4 is 0 Å². The predicted molar refractivity (Wildman–Crippen MR) is 62.1 cm³/mol. The van der Waals surface area contributed by atoms with Crippen LogP contribution in [0.15, 0.2) is 42.5 Å². The van der Waals surface area contributed by atoms with Gasteiger partial charge in [-0.05, 0) is 36.8 Å². The highest BCUT2D eigenvalue weighted by atomic mass is 19.1. The van der Waals surface area contributed by atoms with E-state index in [1.807, 2.05) is 12.1 Å². The number of para-hydroxylation sites is 1. The Hall–Kier alpha value is -2.34. The lowest BCUT2D eigenvalue weighted by molar-refractivity contribution is 0.442. The molecule has 3 heteroatoms. The molecule has 0 saturated carbocycles. The Balaban J connectivity index is 2.35. The number of nitrogens with zero attached hydrogens (tertiary/aromatic N) is 1. The summed E-state index contributed by atoms with van der Waals surface area (Å²) in [6, 6.07) is 13.3. The maximum atomic E-state index is 13.6. The topological polar surface area (TPSA) is 33.0 Å². The van der Waals surface area contributed by atoms with Crippen molar-refractivity contribution in [1.29, 1.82) is 5.26 Å². The van der Waals surface area contributed by atoms with Gasteiger partial charge in [0, 0.05) is 0 Å². The Morgan fingerprint density at radius 2 is 1.88 bits per heavy atom. The lowest BCUT2D eigenvalue weighted by Crippen LogP contribution is -1.92. The average molecular weight is 226 g/mol. The van der Waals surface area contributed by atoms with Gasteiger partial charge in [0.1, 0.15) is 5.75 Å². The fraction of sp³-hybridized carbons (Fsp3) is 0. The van der Waals surface area contributed by atoms with E-state index in [1.54, 1.807) is 24.3 Å². The van der Waals surface area contributed by atoms with Crippen LogP contribution < -0.4 is 4.74 Å². The van der Waals surface area contributed by atoms with Crippen molar-refractivity contribution in [3.8, 4) is 17.6 Å². The van der Waals surface area contributed by atoms with Crippen molar-refractivity contribution in [2.45, 2.75) is 0 Å². The fourth-order valence-corrected chi connectivity index (χ4v) is 1.39. The number of ether oxygens (including phenoxy) is 1. The molecule has 0 atom stereocenters. The van der Waals surface area contributed by atoms with Gasteiger partial charge in [0.15, 0.2) is 11.6 Å². The van der Waals surface area contributed by atoms with Gasteiger partial charge in [-0.25, -0.2) is 4.39 Å². The van der Waals surface area contributed by atoms with E-state index in [4.69, 9.17) is 10.00 Å². The molecule has 0 saturated heterocycles. The average Bonchev–Trinajstić information content (AvgIpc) is 2.34. The quantitative estimate of drug-likeness (QED) is 0.782. The van der Waals surface area contributed by atoms with E-state index in [0.717, 1.165) is 6.07 Å². The predicted octanol–water partition coefficient (Wildman–Crippen LogP) is 3.67. The SMILES string of the molecule is [CH2]c1cc(Oc2ccccc2)c(F)cc1C#N. The summed E-state index contributed by atoms with van der Waals surface area (Å²) in [6.45, 7) is 3.67. The van der Waals surface area contributed by atoms with Crippen LogP contribution in [0, 0.1) is 24.1 Å². The van der Waals surface area contributed by atoms with Crippen LogP contribution in [0.4, 0.5) is 4.39 Å². The number of halogens is 1. The van der Waals surface area contributed by atoms with Crippen LogP contribution in [0.25, 0.3) is 0 Å². The summed E-state index contributed by atoms with van der Waals surface area (Å²) in [6.07, 6.45) is 0. The van der Waals surface area contributed by atoms with Gasteiger partial charge < -0.3 is 4.74 Å². The number of hydrogen-bond donors (Lipinski definition) is 0. The van der Waals surface area contributed by atoms with E-state index in [2.05, 4.69) is 6.92 Å². The van der Waals surface area contributed by atoms with Crippen LogP contribution in [0.3, 0.4) is 0 Å². The minimum atomic E-state index is -0.571. The molecule has 0 aliphatic rings. The van der Waals surface area contributed by atoms with Crippen molar-refractivity contribution in [1.82, 2.24) is 0 Å². The van der Waals surface area contributed by atoms with Crippen molar-refractivity contribution in [3.05, 3.63) is 66.3 Å². The minimum absolute atomic E-state index is 0.0696. The number of benzene rings is 2. The molecule has 2 aromatic carbocycles. The highest BCUT2D eigenvalue weighted by Gasteiger charge is 2.09. The summed E-state index contributed by atoms with van der Waals surface area (Å²) in [7, 11) is 0. The second-order valence-corrected chi connectivity index (χ2v) is 3.47. The van der Waals surface area contributed by atoms with Gasteiger partial charge in [-0.15, -0.1) is 0 Å². The van der Waals surface area contributed by atoms with E-state index >= 15 is 0 Å². The van der Waals surface area contributed by atoms with E-state index < -0.39 is 5.82 Å². The molecule has 0 aromatic heterocycles. The van der Waals surface area contributed by atoms with Gasteiger partial charge in [-0.1, -0.05) is 18.2 Å². The molecule has 0 aliphatic heterocycles. The molecule has 17 heavy (non-hydrogen) atoms. The highest BCUT2D eigenvalue weighted by molar-refractivity contribution is 5.46. The molecule has 0 heterocycles. The monoisotopic (exact) mass is 226 g/mol. The van der Waals surface area contributed by atoms with Crippen molar-refractivity contribution < 1.29 is 9.13 Å². The van der Waals surface area contributed by atoms with Crippen LogP contribution in [-0.2, 0) is 0 Å². The molecule has 0 fully saturated rings. The Kier molecular flexibility index (Phi) is 3.06. The first-order valence-corrected chi connectivity index (χ1v) is 4.99. The number of hydrogen-bond acceptors (Lipinski definition) is 2. The Morgan fingerprint density at radius 1 is 1.18 bits per heavy atom. The van der Waals surface area contributed by atoms with Crippen molar-refractivity contribution in [2.75, 3.05) is 0 Å². The maximum Gasteiger partial charge on any atom is 0.167 e. The number of rotatable bonds is 2. The normalized spacial score (nSPS) is 9.71. The first kappa shape index (κ1) is 11.2. The highest BCUT2D eigenvalue weighted by Crippen LogP contribution is 2.26. The summed E-state index contributed by atoms with van der Waals surface area (Å²) >= 11 is 0. The third-order valence-electron chi connectivity index (χ3n) is 2.25. The Labute approximate surface area is 98.9 Å². The molecule has 2 nitrogen and oxygen atoms in total. The molecule has 0 aliphatic carbocycles. The zero-order valence-corrected chi connectivity index (χ0v) is 8.98. The molecule has 83 valence electrons. The third-order valence-corrected chi connectivity index (χ3v) is 2.25. The molecule has 0 bridgehead atoms. The summed E-state index contributed by atoms with van der Waals surface area (Å²) in [5, 5.41) is 8.73. The van der Waals surface area contributed by atoms with Gasteiger partial charge in [-0.2, -0.15) is 5.26 Å². The summed E-state index contributed by atoms with van der Waals surface area (Å²) in [4.78, 5) is 0. The lowest BCUT2D eigenvalue weighted by Gasteiger charge is -2.08. The molecule has 2 rings (SSSR count). The van der Waals surface area contributed by atoms with Crippen LogP contribution in [-0.4, -0.2) is 0 Å². The molecular formula is C14H9FNO. The molecule has 2 aromatic rings. The minimum Gasteiger partial charge on any atom is -0.454 e. The van der Waals surface area contributed by atoms with E-state index in [-0.39, 0.29) is 11.3 Å². The largest absolute Gasteiger partial charge is 0.454 e. The van der Waals surface area contributed by atoms with E-state index in [9.17, 15) is 4.39 Å². The van der Waals surface area contributed by atoms with Crippen molar-refractivity contribution in [2.24, 2.45) is 0 Å². The van der Waals surface area contributed by atoms with E-state index in [0.29, 0.717) is 11.3 Å². The van der Waals surface area contributed by atoms with Gasteiger partial charge in [0.05, 0.1) is 11.6 Å². The summed E-state index contributed by atoms with van der Waals surface area (Å²) in [5.41, 5.74) is 0.655. The fourth-order valence-electron chi connectivity index (χ4n) is 1.39. The smallest absolute Gasteiger partial charge is 0.167 e. The standard InChI is InChI=1S/C14H9FNO/c1-10-7-14(13(15)8-11(10)9-16)17-12-5-3-2-4-6-12/h2-8H,1H2. The second kappa shape index (κ2) is 4.67. The molecule has 0 unspecified atom stereocenters. The first-order valence-electron chi connectivity index (χ1n) is 4.99. The maximum absolute atomic E-state index is 13.6. The molecule has 1 radical (unpaired) electrons. The lowest BCUT2D eigenvalue weighted by atomic mass is 10.1. The zero-order chi connectivity index (χ0) is 12.3. The zero-order valence-electron chi connectivity index (χ0n) is 8.98. The summed E-state index contributed by atoms with van der Waals surface area (Å²) in [5.74, 6) is 0.0357. The molecular weight excluding hydrogens is 217 g/mol. The van der Waals surface area contributed by atoms with Crippen LogP contribution in [0.1, 0.15) is 11.1 Å². The number of nitriles is 1.